The molecule has 2 aromatic rings. The first-order valence-corrected chi connectivity index (χ1v) is 7.55. The number of carbonyl (C=O) groups is 1. The van der Waals surface area contributed by atoms with Crippen LogP contribution in [0.2, 0.25) is 0 Å². The summed E-state index contributed by atoms with van der Waals surface area (Å²) in [7, 11) is 4.05. The average Bonchev–Trinajstić information content (AvgIpc) is 2.56. The topological polar surface area (TPSA) is 45.2 Å². The standard InChI is InChI=1S/C18H23N3O/c1-4-14-5-7-15(8-6-14)17(21(2)3)13-20-18(22)16-9-11-19-12-10-16/h5-12,17H,4,13H2,1-3H3,(H,20,22)/t17-/m1/s1. The van der Waals surface area contributed by atoms with Crippen molar-refractivity contribution in [2.24, 2.45) is 0 Å². The summed E-state index contributed by atoms with van der Waals surface area (Å²) in [4.78, 5) is 18.2. The van der Waals surface area contributed by atoms with Crippen molar-refractivity contribution in [3.05, 3.63) is 65.5 Å². The molecule has 1 N–H and O–H groups in total. The molecule has 1 aromatic heterocycles. The number of hydrogen-bond donors (Lipinski definition) is 1. The van der Waals surface area contributed by atoms with Gasteiger partial charge in [-0.3, -0.25) is 9.78 Å². The van der Waals surface area contributed by atoms with Gasteiger partial charge in [-0.05, 0) is 43.8 Å². The van der Waals surface area contributed by atoms with Gasteiger partial charge in [-0.15, -0.1) is 0 Å². The van der Waals surface area contributed by atoms with Gasteiger partial charge in [-0.1, -0.05) is 31.2 Å². The summed E-state index contributed by atoms with van der Waals surface area (Å²) < 4.78 is 0. The van der Waals surface area contributed by atoms with Crippen LogP contribution < -0.4 is 5.32 Å². The maximum absolute atomic E-state index is 12.1. The van der Waals surface area contributed by atoms with Crippen molar-refractivity contribution < 1.29 is 4.79 Å². The largest absolute Gasteiger partial charge is 0.350 e. The first kappa shape index (κ1) is 16.2. The Morgan fingerprint density at radius 3 is 2.32 bits per heavy atom. The highest BCUT2D eigenvalue weighted by Gasteiger charge is 2.15. The third kappa shape index (κ3) is 4.15. The van der Waals surface area contributed by atoms with E-state index in [0.29, 0.717) is 12.1 Å². The number of nitrogens with zero attached hydrogens (tertiary/aromatic N) is 2. The molecule has 0 fully saturated rings. The first-order chi connectivity index (χ1) is 10.6. The van der Waals surface area contributed by atoms with E-state index < -0.39 is 0 Å². The Morgan fingerprint density at radius 2 is 1.77 bits per heavy atom. The highest BCUT2D eigenvalue weighted by Crippen LogP contribution is 2.18. The number of carbonyl (C=O) groups excluding carboxylic acids is 1. The molecule has 0 radical (unpaired) electrons. The van der Waals surface area contributed by atoms with E-state index in [2.05, 4.69) is 46.4 Å². The summed E-state index contributed by atoms with van der Waals surface area (Å²) in [6.07, 6.45) is 4.29. The lowest BCUT2D eigenvalue weighted by Gasteiger charge is -2.25. The summed E-state index contributed by atoms with van der Waals surface area (Å²) in [5, 5.41) is 3.00. The molecule has 22 heavy (non-hydrogen) atoms. The van der Waals surface area contributed by atoms with Crippen LogP contribution in [0.4, 0.5) is 0 Å². The Hall–Kier alpha value is -2.20. The Kier molecular flexibility index (Phi) is 5.67. The van der Waals surface area contributed by atoms with Crippen LogP contribution in [0.3, 0.4) is 0 Å². The Morgan fingerprint density at radius 1 is 1.14 bits per heavy atom. The van der Waals surface area contributed by atoms with E-state index in [9.17, 15) is 4.79 Å². The highest BCUT2D eigenvalue weighted by molar-refractivity contribution is 5.93. The maximum atomic E-state index is 12.1. The molecule has 1 heterocycles. The number of aryl methyl sites for hydroxylation is 1. The number of nitrogens with one attached hydrogen (secondary N) is 1. The van der Waals surface area contributed by atoms with Crippen LogP contribution in [0.1, 0.15) is 34.5 Å². The third-order valence-electron chi connectivity index (χ3n) is 3.79. The Bertz CT molecular complexity index is 593. The lowest BCUT2D eigenvalue weighted by molar-refractivity contribution is 0.0942. The van der Waals surface area contributed by atoms with Crippen molar-refractivity contribution in [1.82, 2.24) is 15.2 Å². The summed E-state index contributed by atoms with van der Waals surface area (Å²) >= 11 is 0. The highest BCUT2D eigenvalue weighted by atomic mass is 16.1. The molecular formula is C18H23N3O. The van der Waals surface area contributed by atoms with Crippen LogP contribution in [-0.2, 0) is 6.42 Å². The van der Waals surface area contributed by atoms with Gasteiger partial charge in [0.25, 0.3) is 5.91 Å². The second-order valence-electron chi connectivity index (χ2n) is 5.52. The van der Waals surface area contributed by atoms with Gasteiger partial charge in [0.15, 0.2) is 0 Å². The molecule has 0 unspecified atom stereocenters. The van der Waals surface area contributed by atoms with Crippen LogP contribution in [0, 0.1) is 0 Å². The third-order valence-corrected chi connectivity index (χ3v) is 3.79. The molecule has 0 bridgehead atoms. The van der Waals surface area contributed by atoms with E-state index in [1.165, 1.54) is 11.1 Å². The summed E-state index contributed by atoms with van der Waals surface area (Å²) in [5.74, 6) is -0.0700. The number of likely N-dealkylation sites (N-methyl/N-ethyl adjacent to an activating group) is 1. The minimum Gasteiger partial charge on any atom is -0.350 e. The van der Waals surface area contributed by atoms with Crippen LogP contribution in [0.25, 0.3) is 0 Å². The molecule has 0 aliphatic carbocycles. The van der Waals surface area contributed by atoms with Crippen molar-refractivity contribution >= 4 is 5.91 Å². The van der Waals surface area contributed by atoms with Gasteiger partial charge in [-0.2, -0.15) is 0 Å². The molecule has 4 heteroatoms. The minimum absolute atomic E-state index is 0.0700. The Labute approximate surface area is 132 Å². The second kappa shape index (κ2) is 7.71. The fourth-order valence-electron chi connectivity index (χ4n) is 2.37. The second-order valence-corrected chi connectivity index (χ2v) is 5.52. The van der Waals surface area contributed by atoms with E-state index in [4.69, 9.17) is 0 Å². The first-order valence-electron chi connectivity index (χ1n) is 7.55. The molecule has 0 saturated carbocycles. The van der Waals surface area contributed by atoms with E-state index in [-0.39, 0.29) is 11.9 Å². The van der Waals surface area contributed by atoms with Crippen molar-refractivity contribution in [2.75, 3.05) is 20.6 Å². The molecule has 1 aromatic carbocycles. The number of benzene rings is 1. The molecule has 4 nitrogen and oxygen atoms in total. The normalized spacial score (nSPS) is 12.2. The van der Waals surface area contributed by atoms with Gasteiger partial charge in [0.2, 0.25) is 0 Å². The quantitative estimate of drug-likeness (QED) is 0.891. The minimum atomic E-state index is -0.0700. The molecule has 1 amide bonds. The van der Waals surface area contributed by atoms with Crippen molar-refractivity contribution in [2.45, 2.75) is 19.4 Å². The zero-order valence-corrected chi connectivity index (χ0v) is 13.4. The number of pyridine rings is 1. The van der Waals surface area contributed by atoms with Crippen LogP contribution in [0.5, 0.6) is 0 Å². The van der Waals surface area contributed by atoms with Gasteiger partial charge in [-0.25, -0.2) is 0 Å². The van der Waals surface area contributed by atoms with Gasteiger partial charge >= 0.3 is 0 Å². The smallest absolute Gasteiger partial charge is 0.251 e. The van der Waals surface area contributed by atoms with Gasteiger partial charge in [0.05, 0.1) is 6.04 Å². The number of aromatic nitrogens is 1. The SMILES string of the molecule is CCc1ccc([C@@H](CNC(=O)c2ccncc2)N(C)C)cc1. The molecule has 116 valence electrons. The molecule has 0 aliphatic heterocycles. The fourth-order valence-corrected chi connectivity index (χ4v) is 2.37. The maximum Gasteiger partial charge on any atom is 0.251 e. The molecular weight excluding hydrogens is 274 g/mol. The molecule has 0 saturated heterocycles. The van der Waals surface area contributed by atoms with Crippen molar-refractivity contribution in [3.8, 4) is 0 Å². The van der Waals surface area contributed by atoms with E-state index in [1.807, 2.05) is 14.1 Å². The molecule has 0 aliphatic rings. The zero-order valence-electron chi connectivity index (χ0n) is 13.4. The average molecular weight is 297 g/mol. The summed E-state index contributed by atoms with van der Waals surface area (Å²) in [6.45, 7) is 2.72. The van der Waals surface area contributed by atoms with Crippen molar-refractivity contribution in [3.63, 3.8) is 0 Å². The number of amides is 1. The Balaban J connectivity index is 2.04. The van der Waals surface area contributed by atoms with Gasteiger partial charge in [0, 0.05) is 24.5 Å². The molecule has 0 spiro atoms. The number of hydrogen-bond acceptors (Lipinski definition) is 3. The van der Waals surface area contributed by atoms with E-state index >= 15 is 0 Å². The van der Waals surface area contributed by atoms with Crippen molar-refractivity contribution in [1.29, 1.82) is 0 Å². The lowest BCUT2D eigenvalue weighted by Crippen LogP contribution is -2.34. The van der Waals surface area contributed by atoms with Gasteiger partial charge < -0.3 is 10.2 Å². The predicted molar refractivity (Wildman–Crippen MR) is 88.8 cm³/mol. The van der Waals surface area contributed by atoms with Crippen LogP contribution in [-0.4, -0.2) is 36.4 Å². The lowest BCUT2D eigenvalue weighted by atomic mass is 10.0. The van der Waals surface area contributed by atoms with E-state index in [1.54, 1.807) is 24.5 Å². The monoisotopic (exact) mass is 297 g/mol. The number of rotatable bonds is 6. The van der Waals surface area contributed by atoms with Crippen LogP contribution in [0.15, 0.2) is 48.8 Å². The summed E-state index contributed by atoms with van der Waals surface area (Å²) in [6, 6.07) is 12.2. The fraction of sp³-hybridized carbons (Fsp3) is 0.333. The zero-order chi connectivity index (χ0) is 15.9. The van der Waals surface area contributed by atoms with Gasteiger partial charge in [0.1, 0.15) is 0 Å². The van der Waals surface area contributed by atoms with Crippen LogP contribution >= 0.6 is 0 Å². The predicted octanol–water partition coefficient (Wildman–Crippen LogP) is 2.68. The molecule has 2 rings (SSSR count). The van der Waals surface area contributed by atoms with E-state index in [0.717, 1.165) is 6.42 Å². The molecule has 1 atom stereocenters. The summed E-state index contributed by atoms with van der Waals surface area (Å²) in [5.41, 5.74) is 3.16.